The van der Waals surface area contributed by atoms with Gasteiger partial charge in [-0.05, 0) is 55.5 Å². The molecule has 2 aliphatic rings. The van der Waals surface area contributed by atoms with E-state index in [0.29, 0.717) is 10.7 Å². The van der Waals surface area contributed by atoms with Gasteiger partial charge >= 0.3 is 0 Å². The van der Waals surface area contributed by atoms with Crippen molar-refractivity contribution < 1.29 is 9.18 Å². The molecule has 2 heterocycles. The van der Waals surface area contributed by atoms with Gasteiger partial charge in [0.25, 0.3) is 5.91 Å². The van der Waals surface area contributed by atoms with Gasteiger partial charge in [0.05, 0.1) is 6.54 Å². The van der Waals surface area contributed by atoms with Crippen LogP contribution in [0.25, 0.3) is 0 Å². The number of amides is 1. The van der Waals surface area contributed by atoms with E-state index < -0.39 is 0 Å². The third-order valence-corrected chi connectivity index (χ3v) is 6.40. The van der Waals surface area contributed by atoms with Crippen molar-refractivity contribution in [2.24, 2.45) is 11.8 Å². The van der Waals surface area contributed by atoms with Crippen molar-refractivity contribution in [1.29, 1.82) is 0 Å². The van der Waals surface area contributed by atoms with Gasteiger partial charge in [-0.3, -0.25) is 9.69 Å². The fourth-order valence-corrected chi connectivity index (χ4v) is 4.92. The Labute approximate surface area is 156 Å². The first-order valence-electron chi connectivity index (χ1n) is 9.29. The Morgan fingerprint density at radius 1 is 1.15 bits per heavy atom. The molecule has 2 atom stereocenters. The fraction of sp³-hybridized carbons (Fsp3) is 0.526. The number of hydrogen-bond acceptors (Lipinski definition) is 5. The molecule has 1 N–H and O–H groups in total. The summed E-state index contributed by atoms with van der Waals surface area (Å²) in [7, 11) is 0. The normalized spacial score (nSPS) is 23.4. The van der Waals surface area contributed by atoms with Gasteiger partial charge in [0.15, 0.2) is 0 Å². The van der Waals surface area contributed by atoms with E-state index in [4.69, 9.17) is 0 Å². The first kappa shape index (κ1) is 17.5. The predicted molar refractivity (Wildman–Crippen MR) is 99.6 cm³/mol. The molecule has 138 valence electrons. The van der Waals surface area contributed by atoms with Crippen LogP contribution < -0.4 is 5.32 Å². The number of piperidine rings is 1. The molecular weight excluding hydrogens is 351 g/mol. The van der Waals surface area contributed by atoms with Gasteiger partial charge in [0.2, 0.25) is 5.01 Å². The molecule has 0 bridgehead atoms. The Balaban J connectivity index is 1.34. The van der Waals surface area contributed by atoms with Crippen molar-refractivity contribution in [2.75, 3.05) is 18.4 Å². The summed E-state index contributed by atoms with van der Waals surface area (Å²) >= 11 is 1.34. The lowest BCUT2D eigenvalue weighted by molar-refractivity contribution is 0.0819. The summed E-state index contributed by atoms with van der Waals surface area (Å²) in [6.07, 6.45) is 6.78. The lowest BCUT2D eigenvalue weighted by Gasteiger charge is -2.41. The molecule has 1 amide bonds. The van der Waals surface area contributed by atoms with Crippen LogP contribution in [0.1, 0.15) is 46.9 Å². The van der Waals surface area contributed by atoms with E-state index in [1.165, 1.54) is 67.7 Å². The van der Waals surface area contributed by atoms with E-state index in [9.17, 15) is 9.18 Å². The van der Waals surface area contributed by atoms with Gasteiger partial charge in [-0.25, -0.2) is 4.39 Å². The van der Waals surface area contributed by atoms with Gasteiger partial charge in [-0.2, -0.15) is 0 Å². The van der Waals surface area contributed by atoms with Crippen LogP contribution in [0.5, 0.6) is 0 Å². The number of likely N-dealkylation sites (tertiary alicyclic amines) is 1. The van der Waals surface area contributed by atoms with Crippen molar-refractivity contribution in [1.82, 2.24) is 15.1 Å². The van der Waals surface area contributed by atoms with Crippen molar-refractivity contribution in [2.45, 2.75) is 38.6 Å². The number of aromatic nitrogens is 2. The number of nitrogens with one attached hydrogen (secondary N) is 1. The second-order valence-corrected chi connectivity index (χ2v) is 8.35. The maximum Gasteiger partial charge on any atom is 0.286 e. The molecular formula is C19H23FN4OS. The molecule has 1 aliphatic heterocycles. The number of carbonyl (C=O) groups excluding carboxylic acids is 1. The molecule has 2 fully saturated rings. The third-order valence-electron chi connectivity index (χ3n) is 5.50. The summed E-state index contributed by atoms with van der Waals surface area (Å²) < 4.78 is 12.9. The molecule has 0 radical (unpaired) electrons. The van der Waals surface area contributed by atoms with Crippen molar-refractivity contribution in [3.05, 3.63) is 40.1 Å². The largest absolute Gasteiger partial charge is 0.320 e. The minimum absolute atomic E-state index is 0.300. The van der Waals surface area contributed by atoms with Crippen LogP contribution in [-0.2, 0) is 6.54 Å². The molecule has 26 heavy (non-hydrogen) atoms. The van der Waals surface area contributed by atoms with E-state index in [2.05, 4.69) is 20.4 Å². The summed E-state index contributed by atoms with van der Waals surface area (Å²) in [4.78, 5) is 14.7. The topological polar surface area (TPSA) is 58.1 Å². The van der Waals surface area contributed by atoms with Crippen LogP contribution in [-0.4, -0.2) is 34.1 Å². The van der Waals surface area contributed by atoms with Gasteiger partial charge < -0.3 is 5.32 Å². The molecule has 7 heteroatoms. The Morgan fingerprint density at radius 3 is 2.73 bits per heavy atom. The first-order chi connectivity index (χ1) is 12.7. The Hall–Kier alpha value is -1.86. The minimum Gasteiger partial charge on any atom is -0.320 e. The molecule has 5 nitrogen and oxygen atoms in total. The first-order valence-corrected chi connectivity index (χ1v) is 10.1. The predicted octanol–water partition coefficient (Wildman–Crippen LogP) is 3.94. The zero-order chi connectivity index (χ0) is 17.9. The van der Waals surface area contributed by atoms with Crippen LogP contribution in [0.2, 0.25) is 0 Å². The fourth-order valence-electron chi connectivity index (χ4n) is 4.14. The Bertz CT molecular complexity index is 763. The quantitative estimate of drug-likeness (QED) is 0.881. The van der Waals surface area contributed by atoms with Gasteiger partial charge in [0, 0.05) is 12.2 Å². The zero-order valence-corrected chi connectivity index (χ0v) is 15.5. The SMILES string of the molecule is O=C(Nc1ccc(F)cc1)c1nnc(CN2CC[C@H]3CCCC[C@@H]3C2)s1. The van der Waals surface area contributed by atoms with Crippen LogP contribution in [0.15, 0.2) is 24.3 Å². The van der Waals surface area contributed by atoms with Gasteiger partial charge in [-0.1, -0.05) is 30.6 Å². The van der Waals surface area contributed by atoms with E-state index in [1.807, 2.05) is 0 Å². The van der Waals surface area contributed by atoms with E-state index in [0.717, 1.165) is 36.5 Å². The molecule has 0 unspecified atom stereocenters. The highest BCUT2D eigenvalue weighted by molar-refractivity contribution is 7.13. The van der Waals surface area contributed by atoms with E-state index >= 15 is 0 Å². The molecule has 4 rings (SSSR count). The second kappa shape index (κ2) is 7.80. The zero-order valence-electron chi connectivity index (χ0n) is 14.7. The van der Waals surface area contributed by atoms with Crippen molar-refractivity contribution >= 4 is 22.9 Å². The Morgan fingerprint density at radius 2 is 1.92 bits per heavy atom. The number of carbonyl (C=O) groups is 1. The molecule has 1 saturated heterocycles. The number of fused-ring (bicyclic) bond motifs is 1. The summed E-state index contributed by atoms with van der Waals surface area (Å²) in [5, 5.41) is 12.2. The highest BCUT2D eigenvalue weighted by atomic mass is 32.1. The minimum atomic E-state index is -0.331. The molecule has 2 aromatic rings. The molecule has 0 spiro atoms. The Kier molecular flexibility index (Phi) is 5.26. The van der Waals surface area contributed by atoms with Crippen molar-refractivity contribution in [3.63, 3.8) is 0 Å². The van der Waals surface area contributed by atoms with Crippen LogP contribution in [0, 0.1) is 17.7 Å². The number of nitrogens with zero attached hydrogens (tertiary/aromatic N) is 3. The smallest absolute Gasteiger partial charge is 0.286 e. The van der Waals surface area contributed by atoms with Crippen LogP contribution in [0.4, 0.5) is 10.1 Å². The summed E-state index contributed by atoms with van der Waals surface area (Å²) in [5.41, 5.74) is 0.549. The lowest BCUT2D eigenvalue weighted by atomic mass is 9.75. The molecule has 1 saturated carbocycles. The summed E-state index contributed by atoms with van der Waals surface area (Å²) in [5.74, 6) is 1.10. The number of hydrogen-bond donors (Lipinski definition) is 1. The monoisotopic (exact) mass is 374 g/mol. The van der Waals surface area contributed by atoms with Crippen LogP contribution in [0.3, 0.4) is 0 Å². The maximum absolute atomic E-state index is 12.9. The van der Waals surface area contributed by atoms with Crippen LogP contribution >= 0.6 is 11.3 Å². The average molecular weight is 374 g/mol. The number of benzene rings is 1. The number of halogens is 1. The number of anilines is 1. The van der Waals surface area contributed by atoms with Crippen molar-refractivity contribution in [3.8, 4) is 0 Å². The maximum atomic E-state index is 12.9. The van der Waals surface area contributed by atoms with Gasteiger partial charge in [0.1, 0.15) is 10.8 Å². The standard InChI is InChI=1S/C19H23FN4OS/c20-15-5-7-16(8-6-15)21-18(25)19-23-22-17(26-19)12-24-10-9-13-3-1-2-4-14(13)11-24/h5-8,13-14H,1-4,9-12H2,(H,21,25)/t13-,14-/m1/s1. The highest BCUT2D eigenvalue weighted by Crippen LogP contribution is 2.36. The van der Waals surface area contributed by atoms with E-state index in [-0.39, 0.29) is 11.7 Å². The average Bonchev–Trinajstić information content (AvgIpc) is 3.12. The summed E-state index contributed by atoms with van der Waals surface area (Å²) in [6, 6.07) is 5.69. The highest BCUT2D eigenvalue weighted by Gasteiger charge is 2.31. The molecule has 1 aliphatic carbocycles. The lowest BCUT2D eigenvalue weighted by Crippen LogP contribution is -2.41. The number of rotatable bonds is 4. The molecule has 1 aromatic carbocycles. The van der Waals surface area contributed by atoms with Gasteiger partial charge in [-0.15, -0.1) is 10.2 Å². The second-order valence-electron chi connectivity index (χ2n) is 7.29. The van der Waals surface area contributed by atoms with E-state index in [1.54, 1.807) is 0 Å². The summed E-state index contributed by atoms with van der Waals surface area (Å²) in [6.45, 7) is 3.02. The molecule has 1 aromatic heterocycles. The third kappa shape index (κ3) is 4.10.